The van der Waals surface area contributed by atoms with E-state index in [1.165, 1.54) is 16.7 Å². The van der Waals surface area contributed by atoms with Crippen LogP contribution in [0.2, 0.25) is 0 Å². The molecule has 0 spiro atoms. The average Bonchev–Trinajstić information content (AvgIpc) is 3.26. The summed E-state index contributed by atoms with van der Waals surface area (Å²) in [5.41, 5.74) is 6.65. The topological polar surface area (TPSA) is 54.9 Å². The number of hydrogen-bond donors (Lipinski definition) is 0. The summed E-state index contributed by atoms with van der Waals surface area (Å²) in [5.74, 6) is 0.835. The summed E-state index contributed by atoms with van der Waals surface area (Å²) in [4.78, 5) is 22.9. The molecule has 2 heterocycles. The highest BCUT2D eigenvalue weighted by atomic mass is 35.5. The number of morpholine rings is 1. The first kappa shape index (κ1) is 27.4. The van der Waals surface area contributed by atoms with Crippen LogP contribution in [0, 0.1) is 27.7 Å². The molecule has 1 aliphatic rings. The van der Waals surface area contributed by atoms with E-state index in [1.807, 2.05) is 17.0 Å². The van der Waals surface area contributed by atoms with Crippen molar-refractivity contribution >= 4 is 45.0 Å². The number of nitrogens with zero attached hydrogens (tertiary/aromatic N) is 3. The standard InChI is InChI=1S/C27H35N3O3S.ClH/c1-18-15-20(3)22(21(4)16-18)17-24(31)30(10-6-9-29-11-13-33-14-12-29)27-28-25-23(32-5)8-7-19(2)26(25)34-27;/h7-8,15-16H,6,9-14,17H2,1-5H3;1H. The molecule has 1 fully saturated rings. The minimum atomic E-state index is 0. The molecule has 1 amide bonds. The zero-order chi connectivity index (χ0) is 24.2. The molecule has 1 aliphatic heterocycles. The number of hydrogen-bond acceptors (Lipinski definition) is 6. The highest BCUT2D eigenvalue weighted by Crippen LogP contribution is 2.36. The number of carbonyl (C=O) groups excluding carboxylic acids is 1. The summed E-state index contributed by atoms with van der Waals surface area (Å²) in [7, 11) is 1.66. The Bertz CT molecular complexity index is 1150. The number of aromatic nitrogens is 1. The van der Waals surface area contributed by atoms with Crippen LogP contribution in [-0.2, 0) is 16.0 Å². The number of anilines is 1. The van der Waals surface area contributed by atoms with Crippen molar-refractivity contribution in [2.24, 2.45) is 0 Å². The van der Waals surface area contributed by atoms with Crippen molar-refractivity contribution in [2.45, 2.75) is 40.5 Å². The summed E-state index contributed by atoms with van der Waals surface area (Å²) < 4.78 is 12.1. The maximum absolute atomic E-state index is 13.7. The summed E-state index contributed by atoms with van der Waals surface area (Å²) in [6, 6.07) is 8.31. The first-order valence-corrected chi connectivity index (χ1v) is 12.8. The van der Waals surface area contributed by atoms with Gasteiger partial charge in [0.2, 0.25) is 5.91 Å². The lowest BCUT2D eigenvalue weighted by molar-refractivity contribution is -0.118. The van der Waals surface area contributed by atoms with Crippen LogP contribution in [0.4, 0.5) is 5.13 Å². The van der Waals surface area contributed by atoms with Gasteiger partial charge < -0.3 is 9.47 Å². The van der Waals surface area contributed by atoms with Gasteiger partial charge in [0, 0.05) is 26.2 Å². The van der Waals surface area contributed by atoms with Gasteiger partial charge >= 0.3 is 0 Å². The Morgan fingerprint density at radius 2 is 1.80 bits per heavy atom. The smallest absolute Gasteiger partial charge is 0.233 e. The zero-order valence-corrected chi connectivity index (χ0v) is 23.0. The van der Waals surface area contributed by atoms with Gasteiger partial charge in [0.25, 0.3) is 0 Å². The maximum atomic E-state index is 13.7. The van der Waals surface area contributed by atoms with E-state index in [1.54, 1.807) is 18.4 Å². The van der Waals surface area contributed by atoms with Crippen molar-refractivity contribution in [1.82, 2.24) is 9.88 Å². The number of carbonyl (C=O) groups is 1. The third-order valence-electron chi connectivity index (χ3n) is 6.57. The monoisotopic (exact) mass is 517 g/mol. The molecule has 35 heavy (non-hydrogen) atoms. The summed E-state index contributed by atoms with van der Waals surface area (Å²) in [5, 5.41) is 0.747. The molecule has 4 rings (SSSR count). The fourth-order valence-electron chi connectivity index (χ4n) is 4.72. The van der Waals surface area contributed by atoms with Gasteiger partial charge in [0.05, 0.1) is 31.4 Å². The largest absolute Gasteiger partial charge is 0.494 e. The number of methoxy groups -OCH3 is 1. The number of benzene rings is 2. The number of amides is 1. The molecular weight excluding hydrogens is 482 g/mol. The van der Waals surface area contributed by atoms with E-state index in [4.69, 9.17) is 14.5 Å². The fourth-order valence-corrected chi connectivity index (χ4v) is 5.81. The summed E-state index contributed by atoms with van der Waals surface area (Å²) >= 11 is 1.58. The lowest BCUT2D eigenvalue weighted by Crippen LogP contribution is -2.39. The fraction of sp³-hybridized carbons (Fsp3) is 0.481. The molecule has 3 aromatic rings. The predicted octanol–water partition coefficient (Wildman–Crippen LogP) is 5.26. The molecular formula is C27H36ClN3O3S. The molecule has 190 valence electrons. The number of rotatable bonds is 8. The third kappa shape index (κ3) is 6.33. The van der Waals surface area contributed by atoms with Gasteiger partial charge in [-0.25, -0.2) is 4.98 Å². The van der Waals surface area contributed by atoms with Crippen molar-refractivity contribution in [1.29, 1.82) is 0 Å². The Labute approximate surface area is 218 Å². The maximum Gasteiger partial charge on any atom is 0.233 e. The molecule has 0 atom stereocenters. The van der Waals surface area contributed by atoms with E-state index in [0.29, 0.717) is 13.0 Å². The van der Waals surface area contributed by atoms with Crippen molar-refractivity contribution in [3.05, 3.63) is 52.1 Å². The minimum Gasteiger partial charge on any atom is -0.494 e. The number of thiazole rings is 1. The highest BCUT2D eigenvalue weighted by molar-refractivity contribution is 7.22. The first-order chi connectivity index (χ1) is 16.4. The Balaban J connectivity index is 0.00000342. The van der Waals surface area contributed by atoms with E-state index < -0.39 is 0 Å². The van der Waals surface area contributed by atoms with Crippen molar-refractivity contribution in [3.63, 3.8) is 0 Å². The molecule has 0 saturated carbocycles. The summed E-state index contributed by atoms with van der Waals surface area (Å²) in [6.07, 6.45) is 1.27. The van der Waals surface area contributed by atoms with Crippen LogP contribution in [-0.4, -0.2) is 62.3 Å². The predicted molar refractivity (Wildman–Crippen MR) is 147 cm³/mol. The molecule has 2 aromatic carbocycles. The molecule has 1 aromatic heterocycles. The highest BCUT2D eigenvalue weighted by Gasteiger charge is 2.23. The van der Waals surface area contributed by atoms with Crippen molar-refractivity contribution in [2.75, 3.05) is 51.4 Å². The molecule has 8 heteroatoms. The van der Waals surface area contributed by atoms with Crippen LogP contribution >= 0.6 is 23.7 Å². The third-order valence-corrected chi connectivity index (χ3v) is 7.79. The van der Waals surface area contributed by atoms with Gasteiger partial charge in [-0.05, 0) is 62.4 Å². The molecule has 6 nitrogen and oxygen atoms in total. The molecule has 0 radical (unpaired) electrons. The molecule has 0 unspecified atom stereocenters. The Hall–Kier alpha value is -2.19. The van der Waals surface area contributed by atoms with E-state index in [2.05, 4.69) is 44.7 Å². The average molecular weight is 518 g/mol. The number of halogens is 1. The number of fused-ring (bicyclic) bond motifs is 1. The second kappa shape index (κ2) is 12.2. The molecule has 1 saturated heterocycles. The number of aryl methyl sites for hydroxylation is 4. The lowest BCUT2D eigenvalue weighted by Gasteiger charge is -2.28. The van der Waals surface area contributed by atoms with Crippen LogP contribution in [0.25, 0.3) is 10.2 Å². The van der Waals surface area contributed by atoms with Crippen molar-refractivity contribution in [3.8, 4) is 5.75 Å². The summed E-state index contributed by atoms with van der Waals surface area (Å²) in [6.45, 7) is 13.4. The van der Waals surface area contributed by atoms with Gasteiger partial charge in [0.15, 0.2) is 5.13 Å². The zero-order valence-electron chi connectivity index (χ0n) is 21.3. The van der Waals surface area contributed by atoms with E-state index in [9.17, 15) is 4.79 Å². The first-order valence-electron chi connectivity index (χ1n) is 12.0. The van der Waals surface area contributed by atoms with Crippen LogP contribution in [0.1, 0.15) is 34.2 Å². The Morgan fingerprint density at radius 1 is 1.11 bits per heavy atom. The van der Waals surface area contributed by atoms with Crippen molar-refractivity contribution < 1.29 is 14.3 Å². The van der Waals surface area contributed by atoms with E-state index in [-0.39, 0.29) is 18.3 Å². The molecule has 0 aliphatic carbocycles. The van der Waals surface area contributed by atoms with Gasteiger partial charge in [-0.15, -0.1) is 12.4 Å². The second-order valence-corrected chi connectivity index (χ2v) is 10.1. The normalized spacial score (nSPS) is 14.1. The number of ether oxygens (including phenoxy) is 2. The Morgan fingerprint density at radius 3 is 2.46 bits per heavy atom. The SMILES string of the molecule is COc1ccc(C)c2sc(N(CCCN3CCOCC3)C(=O)Cc3c(C)cc(C)cc3C)nc12.Cl. The van der Waals surface area contributed by atoms with Crippen LogP contribution in [0.5, 0.6) is 5.75 Å². The van der Waals surface area contributed by atoms with Crippen LogP contribution in [0.15, 0.2) is 24.3 Å². The van der Waals surface area contributed by atoms with Crippen LogP contribution < -0.4 is 9.64 Å². The van der Waals surface area contributed by atoms with Gasteiger partial charge in [-0.3, -0.25) is 14.6 Å². The second-order valence-electron chi connectivity index (χ2n) is 9.17. The quantitative estimate of drug-likeness (QED) is 0.408. The lowest BCUT2D eigenvalue weighted by atomic mass is 9.97. The molecule has 0 bridgehead atoms. The van der Waals surface area contributed by atoms with Gasteiger partial charge in [0.1, 0.15) is 11.3 Å². The molecule has 0 N–H and O–H groups in total. The van der Waals surface area contributed by atoms with Gasteiger partial charge in [-0.2, -0.15) is 0 Å². The van der Waals surface area contributed by atoms with Gasteiger partial charge in [-0.1, -0.05) is 35.1 Å². The van der Waals surface area contributed by atoms with E-state index in [0.717, 1.165) is 71.5 Å². The van der Waals surface area contributed by atoms with E-state index >= 15 is 0 Å². The minimum absolute atomic E-state index is 0. The van der Waals surface area contributed by atoms with Crippen LogP contribution in [0.3, 0.4) is 0 Å². The Kier molecular flexibility index (Phi) is 9.53.